The molecule has 1 aliphatic rings. The number of hydrogen-bond acceptors (Lipinski definition) is 3. The summed E-state index contributed by atoms with van der Waals surface area (Å²) in [5, 5.41) is 8.63. The predicted molar refractivity (Wildman–Crippen MR) is 52.1 cm³/mol. The van der Waals surface area contributed by atoms with E-state index in [9.17, 15) is 4.79 Å². The van der Waals surface area contributed by atoms with Crippen LogP contribution in [0.1, 0.15) is 20.8 Å². The zero-order chi connectivity index (χ0) is 10.9. The van der Waals surface area contributed by atoms with E-state index in [0.717, 1.165) is 0 Å². The van der Waals surface area contributed by atoms with Crippen LogP contribution < -0.4 is 0 Å². The summed E-state index contributed by atoms with van der Waals surface area (Å²) in [4.78, 5) is 11.3. The van der Waals surface area contributed by atoms with Gasteiger partial charge in [0, 0.05) is 5.57 Å². The number of ether oxygens (including phenoxy) is 1. The molecule has 0 N–H and O–H groups in total. The Labute approximate surface area is 84.4 Å². The van der Waals surface area contributed by atoms with Crippen LogP contribution in [0.2, 0.25) is 0 Å². The quantitative estimate of drug-likeness (QED) is 0.497. The number of hydrogen-bond donors (Lipinski definition) is 0. The van der Waals surface area contributed by atoms with Crippen LogP contribution in [0.4, 0.5) is 0 Å². The molecule has 0 bridgehead atoms. The topological polar surface area (TPSA) is 50.1 Å². The van der Waals surface area contributed by atoms with Gasteiger partial charge in [0.15, 0.2) is 0 Å². The van der Waals surface area contributed by atoms with Gasteiger partial charge in [-0.1, -0.05) is 19.9 Å². The number of nitrogens with zero attached hydrogens (tertiary/aromatic N) is 1. The van der Waals surface area contributed by atoms with Gasteiger partial charge in [0.1, 0.15) is 0 Å². The van der Waals surface area contributed by atoms with Crippen LogP contribution in [0.3, 0.4) is 0 Å². The minimum atomic E-state index is -0.179. The van der Waals surface area contributed by atoms with Gasteiger partial charge in [0.25, 0.3) is 0 Å². The van der Waals surface area contributed by atoms with E-state index < -0.39 is 0 Å². The first-order valence-electron chi connectivity index (χ1n) is 4.61. The van der Waals surface area contributed by atoms with Gasteiger partial charge in [-0.05, 0) is 18.3 Å². The van der Waals surface area contributed by atoms with E-state index in [0.29, 0.717) is 5.57 Å². The molecule has 1 aliphatic carbocycles. The molecule has 1 fully saturated rings. The second-order valence-corrected chi connectivity index (χ2v) is 4.31. The maximum Gasteiger partial charge on any atom is 0.309 e. The van der Waals surface area contributed by atoms with Gasteiger partial charge >= 0.3 is 5.97 Å². The van der Waals surface area contributed by atoms with Gasteiger partial charge in [-0.3, -0.25) is 4.79 Å². The molecule has 0 saturated heterocycles. The smallest absolute Gasteiger partial charge is 0.309 e. The summed E-state index contributed by atoms with van der Waals surface area (Å²) >= 11 is 0. The number of rotatable bonds is 2. The normalized spacial score (nSPS) is 29.2. The van der Waals surface area contributed by atoms with Crippen molar-refractivity contribution in [2.75, 3.05) is 7.11 Å². The fourth-order valence-electron chi connectivity index (χ4n) is 1.87. The number of methoxy groups -OCH3 is 1. The third kappa shape index (κ3) is 1.65. The molecule has 0 aromatic heterocycles. The molecule has 3 heteroatoms. The van der Waals surface area contributed by atoms with Gasteiger partial charge in [-0.15, -0.1) is 0 Å². The number of carbonyl (C=O) groups excluding carboxylic acids is 1. The lowest BCUT2D eigenvalue weighted by molar-refractivity contribution is -0.143. The summed E-state index contributed by atoms with van der Waals surface area (Å²) in [5.74, 6) is -0.118. The Morgan fingerprint density at radius 3 is 2.57 bits per heavy atom. The van der Waals surface area contributed by atoms with Gasteiger partial charge in [-0.2, -0.15) is 5.26 Å². The summed E-state index contributed by atoms with van der Waals surface area (Å²) in [6.07, 6.45) is 1.86. The highest BCUT2D eigenvalue weighted by Gasteiger charge is 2.61. The first-order chi connectivity index (χ1) is 6.45. The molecular weight excluding hydrogens is 178 g/mol. The standard InChI is InChI=1S/C11H15NO2/c1-7(6-12)5-8-9(10(13)14-4)11(8,2)3/h5,8-9H,1-4H3/b7-5-. The summed E-state index contributed by atoms with van der Waals surface area (Å²) in [5.41, 5.74) is 0.597. The van der Waals surface area contributed by atoms with Crippen molar-refractivity contribution in [1.29, 1.82) is 5.26 Å². The monoisotopic (exact) mass is 193 g/mol. The molecule has 0 spiro atoms. The molecule has 0 amide bonds. The first-order valence-corrected chi connectivity index (χ1v) is 4.61. The number of nitriles is 1. The van der Waals surface area contributed by atoms with E-state index >= 15 is 0 Å². The molecule has 76 valence electrons. The van der Waals surface area contributed by atoms with Crippen molar-refractivity contribution >= 4 is 5.97 Å². The van der Waals surface area contributed by atoms with Crippen molar-refractivity contribution in [3.05, 3.63) is 11.6 Å². The van der Waals surface area contributed by atoms with Crippen LogP contribution in [0.5, 0.6) is 0 Å². The third-order valence-corrected chi connectivity index (χ3v) is 2.97. The molecule has 1 saturated carbocycles. The van der Waals surface area contributed by atoms with Crippen molar-refractivity contribution < 1.29 is 9.53 Å². The molecule has 2 unspecified atom stereocenters. The zero-order valence-electron chi connectivity index (χ0n) is 9.00. The average Bonchev–Trinajstić information content (AvgIpc) is 2.67. The van der Waals surface area contributed by atoms with Crippen LogP contribution in [0.15, 0.2) is 11.6 Å². The van der Waals surface area contributed by atoms with Crippen molar-refractivity contribution in [1.82, 2.24) is 0 Å². The average molecular weight is 193 g/mol. The van der Waals surface area contributed by atoms with Crippen LogP contribution >= 0.6 is 0 Å². The van der Waals surface area contributed by atoms with Gasteiger partial charge < -0.3 is 4.74 Å². The maximum absolute atomic E-state index is 11.3. The van der Waals surface area contributed by atoms with Crippen LogP contribution in [-0.4, -0.2) is 13.1 Å². The lowest BCUT2D eigenvalue weighted by Crippen LogP contribution is -2.07. The molecule has 14 heavy (non-hydrogen) atoms. The van der Waals surface area contributed by atoms with Crippen molar-refractivity contribution in [2.45, 2.75) is 20.8 Å². The summed E-state index contributed by atoms with van der Waals surface area (Å²) in [6, 6.07) is 2.06. The number of allylic oxidation sites excluding steroid dienone is 2. The van der Waals surface area contributed by atoms with Crippen molar-refractivity contribution in [3.8, 4) is 6.07 Å². The molecular formula is C11H15NO2. The molecule has 0 radical (unpaired) electrons. The second-order valence-electron chi connectivity index (χ2n) is 4.31. The SMILES string of the molecule is COC(=O)C1C(/C=C(/C)C#N)C1(C)C. The van der Waals surface area contributed by atoms with Crippen molar-refractivity contribution in [3.63, 3.8) is 0 Å². The highest BCUT2D eigenvalue weighted by Crippen LogP contribution is 2.59. The van der Waals surface area contributed by atoms with Gasteiger partial charge in [-0.25, -0.2) is 0 Å². The minimum Gasteiger partial charge on any atom is -0.469 e. The van der Waals surface area contributed by atoms with Crippen LogP contribution in [0.25, 0.3) is 0 Å². The first kappa shape index (κ1) is 10.8. The highest BCUT2D eigenvalue weighted by atomic mass is 16.5. The van der Waals surface area contributed by atoms with Gasteiger partial charge in [0.2, 0.25) is 0 Å². The minimum absolute atomic E-state index is 0.0643. The van der Waals surface area contributed by atoms with Crippen LogP contribution in [-0.2, 0) is 9.53 Å². The van der Waals surface area contributed by atoms with E-state index in [4.69, 9.17) is 10.00 Å². The molecule has 0 aliphatic heterocycles. The summed E-state index contributed by atoms with van der Waals surface area (Å²) in [6.45, 7) is 5.78. The maximum atomic E-state index is 11.3. The molecule has 0 aromatic rings. The predicted octanol–water partition coefficient (Wildman–Crippen LogP) is 1.90. The fraction of sp³-hybridized carbons (Fsp3) is 0.636. The molecule has 0 heterocycles. The van der Waals surface area contributed by atoms with E-state index in [1.54, 1.807) is 6.92 Å². The van der Waals surface area contributed by atoms with Crippen molar-refractivity contribution in [2.24, 2.45) is 17.3 Å². The number of esters is 1. The summed E-state index contributed by atoms with van der Waals surface area (Å²) < 4.78 is 4.70. The highest BCUT2D eigenvalue weighted by molar-refractivity contribution is 5.78. The van der Waals surface area contributed by atoms with E-state index in [1.165, 1.54) is 7.11 Å². The Hall–Kier alpha value is -1.30. The number of carbonyl (C=O) groups is 1. The third-order valence-electron chi connectivity index (χ3n) is 2.97. The Morgan fingerprint density at radius 1 is 1.57 bits per heavy atom. The zero-order valence-corrected chi connectivity index (χ0v) is 9.00. The Kier molecular flexibility index (Phi) is 2.66. The largest absolute Gasteiger partial charge is 0.469 e. The van der Waals surface area contributed by atoms with Gasteiger partial charge in [0.05, 0.1) is 19.1 Å². The summed E-state index contributed by atoms with van der Waals surface area (Å²) in [7, 11) is 1.40. The van der Waals surface area contributed by atoms with E-state index in [2.05, 4.69) is 6.07 Å². The lowest BCUT2D eigenvalue weighted by Gasteiger charge is -1.99. The fourth-order valence-corrected chi connectivity index (χ4v) is 1.87. The molecule has 0 aromatic carbocycles. The second kappa shape index (κ2) is 3.45. The molecule has 3 nitrogen and oxygen atoms in total. The van der Waals surface area contributed by atoms with Crippen LogP contribution in [0, 0.1) is 28.6 Å². The lowest BCUT2D eigenvalue weighted by atomic mass is 10.1. The molecule has 1 rings (SSSR count). The Balaban J connectivity index is 2.77. The Bertz CT molecular complexity index is 323. The van der Waals surface area contributed by atoms with E-state index in [-0.39, 0.29) is 23.2 Å². The molecule has 2 atom stereocenters. The Morgan fingerprint density at radius 2 is 2.14 bits per heavy atom. The van der Waals surface area contributed by atoms with E-state index in [1.807, 2.05) is 19.9 Å².